The SMILES string of the molecule is CC(C)c1ccc(Cl)cc1C(=O)N1CCC(CC(=O)O)C1. The van der Waals surface area contributed by atoms with Crippen molar-refractivity contribution in [1.82, 2.24) is 4.90 Å². The van der Waals surface area contributed by atoms with Crippen LogP contribution >= 0.6 is 11.6 Å². The van der Waals surface area contributed by atoms with Gasteiger partial charge in [0.05, 0.1) is 0 Å². The van der Waals surface area contributed by atoms with Gasteiger partial charge in [-0.25, -0.2) is 0 Å². The second kappa shape index (κ2) is 6.48. The van der Waals surface area contributed by atoms with Gasteiger partial charge in [0.2, 0.25) is 0 Å². The summed E-state index contributed by atoms with van der Waals surface area (Å²) in [5.41, 5.74) is 1.61. The van der Waals surface area contributed by atoms with Crippen LogP contribution in [0.4, 0.5) is 0 Å². The molecule has 21 heavy (non-hydrogen) atoms. The van der Waals surface area contributed by atoms with Crippen LogP contribution in [-0.4, -0.2) is 35.0 Å². The fourth-order valence-corrected chi connectivity index (χ4v) is 2.99. The van der Waals surface area contributed by atoms with Gasteiger partial charge in [-0.1, -0.05) is 31.5 Å². The maximum atomic E-state index is 12.7. The smallest absolute Gasteiger partial charge is 0.303 e. The number of amides is 1. The molecule has 114 valence electrons. The highest BCUT2D eigenvalue weighted by molar-refractivity contribution is 6.31. The van der Waals surface area contributed by atoms with Crippen molar-refractivity contribution in [2.45, 2.75) is 32.6 Å². The molecule has 4 nitrogen and oxygen atoms in total. The molecular weight excluding hydrogens is 290 g/mol. The molecule has 1 atom stereocenters. The van der Waals surface area contributed by atoms with Crippen molar-refractivity contribution in [1.29, 1.82) is 0 Å². The highest BCUT2D eigenvalue weighted by atomic mass is 35.5. The van der Waals surface area contributed by atoms with Crippen molar-refractivity contribution in [3.63, 3.8) is 0 Å². The number of carboxylic acid groups (broad SMARTS) is 1. The molecule has 1 fully saturated rings. The summed E-state index contributed by atoms with van der Waals surface area (Å²) in [6, 6.07) is 5.40. The summed E-state index contributed by atoms with van der Waals surface area (Å²) in [4.78, 5) is 25.2. The summed E-state index contributed by atoms with van der Waals surface area (Å²) < 4.78 is 0. The molecule has 1 aromatic rings. The minimum atomic E-state index is -0.806. The van der Waals surface area contributed by atoms with Gasteiger partial charge in [0.15, 0.2) is 0 Å². The Bertz CT molecular complexity index is 556. The molecule has 0 saturated carbocycles. The normalized spacial score (nSPS) is 18.3. The minimum Gasteiger partial charge on any atom is -0.481 e. The lowest BCUT2D eigenvalue weighted by Crippen LogP contribution is -2.30. The highest BCUT2D eigenvalue weighted by Crippen LogP contribution is 2.27. The molecule has 1 heterocycles. The van der Waals surface area contributed by atoms with Crippen LogP contribution in [-0.2, 0) is 4.79 Å². The molecule has 1 N–H and O–H groups in total. The number of rotatable bonds is 4. The molecule has 1 aliphatic heterocycles. The molecule has 1 aliphatic rings. The third kappa shape index (κ3) is 3.76. The van der Waals surface area contributed by atoms with Gasteiger partial charge >= 0.3 is 5.97 Å². The minimum absolute atomic E-state index is 0.0471. The first-order valence-corrected chi connectivity index (χ1v) is 7.56. The van der Waals surface area contributed by atoms with E-state index in [1.54, 1.807) is 17.0 Å². The zero-order valence-corrected chi connectivity index (χ0v) is 13.1. The third-order valence-electron chi connectivity index (χ3n) is 3.90. The van der Waals surface area contributed by atoms with Crippen LogP contribution in [0.15, 0.2) is 18.2 Å². The van der Waals surface area contributed by atoms with E-state index in [0.717, 1.165) is 12.0 Å². The van der Waals surface area contributed by atoms with Crippen molar-refractivity contribution in [3.05, 3.63) is 34.3 Å². The topological polar surface area (TPSA) is 57.6 Å². The lowest BCUT2D eigenvalue weighted by Gasteiger charge is -2.20. The molecule has 5 heteroatoms. The van der Waals surface area contributed by atoms with Crippen molar-refractivity contribution < 1.29 is 14.7 Å². The third-order valence-corrected chi connectivity index (χ3v) is 4.14. The van der Waals surface area contributed by atoms with Gasteiger partial charge in [0.25, 0.3) is 5.91 Å². The second-order valence-electron chi connectivity index (χ2n) is 5.89. The number of hydrogen-bond donors (Lipinski definition) is 1. The van der Waals surface area contributed by atoms with E-state index in [9.17, 15) is 9.59 Å². The molecule has 0 radical (unpaired) electrons. The van der Waals surface area contributed by atoms with Crippen LogP contribution < -0.4 is 0 Å². The predicted molar refractivity (Wildman–Crippen MR) is 81.8 cm³/mol. The van der Waals surface area contributed by atoms with Gasteiger partial charge < -0.3 is 10.0 Å². The molecule has 1 saturated heterocycles. The molecule has 1 amide bonds. The number of carboxylic acids is 1. The molecule has 1 unspecified atom stereocenters. The van der Waals surface area contributed by atoms with E-state index in [2.05, 4.69) is 0 Å². The summed E-state index contributed by atoms with van der Waals surface area (Å²) in [6.45, 7) is 5.20. The fraction of sp³-hybridized carbons (Fsp3) is 0.500. The molecule has 2 rings (SSSR count). The van der Waals surface area contributed by atoms with Crippen molar-refractivity contribution in [3.8, 4) is 0 Å². The first-order valence-electron chi connectivity index (χ1n) is 7.19. The number of likely N-dealkylation sites (tertiary alicyclic amines) is 1. The van der Waals surface area contributed by atoms with Crippen molar-refractivity contribution in [2.24, 2.45) is 5.92 Å². The second-order valence-corrected chi connectivity index (χ2v) is 6.33. The Morgan fingerprint density at radius 3 is 2.76 bits per heavy atom. The van der Waals surface area contributed by atoms with E-state index < -0.39 is 5.97 Å². The van der Waals surface area contributed by atoms with E-state index >= 15 is 0 Å². The average molecular weight is 310 g/mol. The van der Waals surface area contributed by atoms with Crippen LogP contribution in [0.2, 0.25) is 5.02 Å². The molecule has 0 spiro atoms. The van der Waals surface area contributed by atoms with Gasteiger partial charge in [-0.3, -0.25) is 9.59 Å². The Hall–Kier alpha value is -1.55. The molecule has 0 aliphatic carbocycles. The largest absolute Gasteiger partial charge is 0.481 e. The van der Waals surface area contributed by atoms with Gasteiger partial charge in [-0.2, -0.15) is 0 Å². The van der Waals surface area contributed by atoms with Crippen molar-refractivity contribution >= 4 is 23.5 Å². The summed E-state index contributed by atoms with van der Waals surface area (Å²) in [5, 5.41) is 9.39. The molecular formula is C16H20ClNO3. The van der Waals surface area contributed by atoms with E-state index in [1.165, 1.54) is 0 Å². The standard InChI is InChI=1S/C16H20ClNO3/c1-10(2)13-4-3-12(17)8-14(13)16(21)18-6-5-11(9-18)7-15(19)20/h3-4,8,10-11H,5-7,9H2,1-2H3,(H,19,20). The predicted octanol–water partition coefficient (Wildman–Crippen LogP) is 3.40. The quantitative estimate of drug-likeness (QED) is 0.927. The fourth-order valence-electron chi connectivity index (χ4n) is 2.82. The van der Waals surface area contributed by atoms with E-state index in [1.807, 2.05) is 19.9 Å². The number of halogens is 1. The summed E-state index contributed by atoms with van der Waals surface area (Å²) >= 11 is 6.02. The Balaban J connectivity index is 2.17. The molecule has 1 aromatic carbocycles. The Morgan fingerprint density at radius 2 is 2.14 bits per heavy atom. The van der Waals surface area contributed by atoms with E-state index in [4.69, 9.17) is 16.7 Å². The lowest BCUT2D eigenvalue weighted by atomic mass is 9.96. The molecule has 0 bridgehead atoms. The Kier molecular flexibility index (Phi) is 4.88. The summed E-state index contributed by atoms with van der Waals surface area (Å²) in [7, 11) is 0. The number of nitrogens with zero attached hydrogens (tertiary/aromatic N) is 1. The van der Waals surface area contributed by atoms with Gasteiger partial charge in [-0.05, 0) is 36.0 Å². The average Bonchev–Trinajstić information content (AvgIpc) is 2.85. The van der Waals surface area contributed by atoms with Gasteiger partial charge in [0, 0.05) is 30.1 Å². The number of aliphatic carboxylic acids is 1. The number of carbonyl (C=O) groups excluding carboxylic acids is 1. The van der Waals surface area contributed by atoms with Crippen molar-refractivity contribution in [2.75, 3.05) is 13.1 Å². The highest BCUT2D eigenvalue weighted by Gasteiger charge is 2.29. The Labute approximate surface area is 129 Å². The number of benzene rings is 1. The number of hydrogen-bond acceptors (Lipinski definition) is 2. The van der Waals surface area contributed by atoms with Crippen LogP contribution in [0.5, 0.6) is 0 Å². The van der Waals surface area contributed by atoms with Crippen LogP contribution in [0.25, 0.3) is 0 Å². The zero-order chi connectivity index (χ0) is 15.6. The summed E-state index contributed by atoms with van der Waals surface area (Å²) in [6.07, 6.45) is 0.867. The maximum absolute atomic E-state index is 12.7. The van der Waals surface area contributed by atoms with Crippen LogP contribution in [0.3, 0.4) is 0 Å². The van der Waals surface area contributed by atoms with E-state index in [0.29, 0.717) is 23.7 Å². The monoisotopic (exact) mass is 309 g/mol. The van der Waals surface area contributed by atoms with Gasteiger partial charge in [-0.15, -0.1) is 0 Å². The van der Waals surface area contributed by atoms with Gasteiger partial charge in [0.1, 0.15) is 0 Å². The van der Waals surface area contributed by atoms with E-state index in [-0.39, 0.29) is 24.2 Å². The zero-order valence-electron chi connectivity index (χ0n) is 12.3. The first kappa shape index (κ1) is 15.8. The Morgan fingerprint density at radius 1 is 1.43 bits per heavy atom. The van der Waals surface area contributed by atoms with Crippen LogP contribution in [0, 0.1) is 5.92 Å². The number of carbonyl (C=O) groups is 2. The lowest BCUT2D eigenvalue weighted by molar-refractivity contribution is -0.138. The maximum Gasteiger partial charge on any atom is 0.303 e. The van der Waals surface area contributed by atoms with Crippen LogP contribution in [0.1, 0.15) is 48.5 Å². The molecule has 0 aromatic heterocycles. The first-order chi connectivity index (χ1) is 9.88. The summed E-state index contributed by atoms with van der Waals surface area (Å²) in [5.74, 6) is -0.569.